The molecule has 1 N–H and O–H groups in total. The van der Waals surface area contributed by atoms with E-state index < -0.39 is 10.0 Å². The first kappa shape index (κ1) is 18.1. The molecule has 0 aliphatic carbocycles. The van der Waals surface area contributed by atoms with Gasteiger partial charge in [0.1, 0.15) is 4.90 Å². The van der Waals surface area contributed by atoms with E-state index in [0.29, 0.717) is 12.4 Å². The molecule has 1 aromatic carbocycles. The highest BCUT2D eigenvalue weighted by Gasteiger charge is 2.16. The third kappa shape index (κ3) is 4.16. The molecular weight excluding hydrogens is 376 g/mol. The standard InChI is InChI=1S/C19H18N6O2S/c26-28(27,18-13-22-24(15-18)14-16-5-2-1-3-6-16)23-12-17-7-9-20-19(11-17)25-10-4-8-21-25/h1-11,13,15,23H,12,14H2. The van der Waals surface area contributed by atoms with Gasteiger partial charge in [0.2, 0.25) is 10.0 Å². The lowest BCUT2D eigenvalue weighted by Gasteiger charge is -2.07. The molecule has 3 heterocycles. The van der Waals surface area contributed by atoms with Crippen LogP contribution in [0.15, 0.2) is 84.4 Å². The Morgan fingerprint density at radius 1 is 0.964 bits per heavy atom. The lowest BCUT2D eigenvalue weighted by atomic mass is 10.2. The normalized spacial score (nSPS) is 11.6. The number of hydrogen-bond donors (Lipinski definition) is 1. The Labute approximate surface area is 162 Å². The summed E-state index contributed by atoms with van der Waals surface area (Å²) >= 11 is 0. The number of rotatable bonds is 7. The molecule has 3 aromatic heterocycles. The Morgan fingerprint density at radius 2 is 1.82 bits per heavy atom. The monoisotopic (exact) mass is 394 g/mol. The first-order valence-electron chi connectivity index (χ1n) is 8.61. The number of pyridine rings is 1. The highest BCUT2D eigenvalue weighted by Crippen LogP contribution is 2.11. The molecular formula is C19H18N6O2S. The largest absolute Gasteiger partial charge is 0.267 e. The number of sulfonamides is 1. The molecule has 142 valence electrons. The van der Waals surface area contributed by atoms with Gasteiger partial charge < -0.3 is 0 Å². The van der Waals surface area contributed by atoms with Gasteiger partial charge in [-0.15, -0.1) is 0 Å². The minimum absolute atomic E-state index is 0.129. The zero-order valence-electron chi connectivity index (χ0n) is 14.9. The highest BCUT2D eigenvalue weighted by atomic mass is 32.2. The summed E-state index contributed by atoms with van der Waals surface area (Å²) in [4.78, 5) is 4.37. The second-order valence-corrected chi connectivity index (χ2v) is 7.92. The highest BCUT2D eigenvalue weighted by molar-refractivity contribution is 7.89. The van der Waals surface area contributed by atoms with Crippen molar-refractivity contribution in [3.8, 4) is 5.82 Å². The maximum absolute atomic E-state index is 12.6. The van der Waals surface area contributed by atoms with Gasteiger partial charge in [0, 0.05) is 31.3 Å². The van der Waals surface area contributed by atoms with Crippen molar-refractivity contribution in [1.82, 2.24) is 29.3 Å². The molecule has 8 nitrogen and oxygen atoms in total. The average Bonchev–Trinajstić information content (AvgIpc) is 3.40. The van der Waals surface area contributed by atoms with Gasteiger partial charge >= 0.3 is 0 Å². The molecule has 0 bridgehead atoms. The molecule has 0 unspecified atom stereocenters. The summed E-state index contributed by atoms with van der Waals surface area (Å²) in [6.45, 7) is 0.650. The quantitative estimate of drug-likeness (QED) is 0.517. The van der Waals surface area contributed by atoms with E-state index in [4.69, 9.17) is 0 Å². The van der Waals surface area contributed by atoms with Crippen LogP contribution in [-0.2, 0) is 23.1 Å². The lowest BCUT2D eigenvalue weighted by Crippen LogP contribution is -2.23. The van der Waals surface area contributed by atoms with Crippen molar-refractivity contribution in [2.45, 2.75) is 18.0 Å². The third-order valence-electron chi connectivity index (χ3n) is 4.12. The van der Waals surface area contributed by atoms with E-state index in [-0.39, 0.29) is 11.4 Å². The molecule has 4 rings (SSSR count). The molecule has 0 saturated heterocycles. The summed E-state index contributed by atoms with van der Waals surface area (Å²) in [5.74, 6) is 0.623. The number of hydrogen-bond acceptors (Lipinski definition) is 5. The van der Waals surface area contributed by atoms with Crippen molar-refractivity contribution >= 4 is 10.0 Å². The molecule has 0 fully saturated rings. The minimum atomic E-state index is -3.67. The minimum Gasteiger partial charge on any atom is -0.267 e. The molecule has 28 heavy (non-hydrogen) atoms. The average molecular weight is 394 g/mol. The van der Waals surface area contributed by atoms with E-state index in [1.54, 1.807) is 46.2 Å². The molecule has 0 radical (unpaired) electrons. The second-order valence-electron chi connectivity index (χ2n) is 6.16. The van der Waals surface area contributed by atoms with Crippen molar-refractivity contribution in [1.29, 1.82) is 0 Å². The van der Waals surface area contributed by atoms with Crippen LogP contribution < -0.4 is 4.72 Å². The Morgan fingerprint density at radius 3 is 2.61 bits per heavy atom. The van der Waals surface area contributed by atoms with Gasteiger partial charge in [-0.05, 0) is 29.3 Å². The van der Waals surface area contributed by atoms with E-state index >= 15 is 0 Å². The Kier molecular flexibility index (Phi) is 5.00. The van der Waals surface area contributed by atoms with Crippen molar-refractivity contribution in [2.24, 2.45) is 0 Å². The van der Waals surface area contributed by atoms with E-state index in [9.17, 15) is 8.42 Å². The van der Waals surface area contributed by atoms with Crippen LogP contribution in [0.2, 0.25) is 0 Å². The fraction of sp³-hybridized carbons (Fsp3) is 0.105. The maximum atomic E-state index is 12.6. The number of nitrogens with one attached hydrogen (secondary N) is 1. The van der Waals surface area contributed by atoms with E-state index in [1.807, 2.05) is 30.3 Å². The van der Waals surface area contributed by atoms with Crippen LogP contribution in [0.5, 0.6) is 0 Å². The first-order valence-corrected chi connectivity index (χ1v) is 10.1. The number of nitrogens with zero attached hydrogens (tertiary/aromatic N) is 5. The van der Waals surface area contributed by atoms with Crippen molar-refractivity contribution in [3.05, 3.63) is 90.6 Å². The predicted molar refractivity (Wildman–Crippen MR) is 103 cm³/mol. The molecule has 0 spiro atoms. The number of aromatic nitrogens is 5. The lowest BCUT2D eigenvalue weighted by molar-refractivity contribution is 0.581. The number of benzene rings is 1. The molecule has 9 heteroatoms. The van der Waals surface area contributed by atoms with Crippen LogP contribution in [0.4, 0.5) is 0 Å². The van der Waals surface area contributed by atoms with E-state index in [2.05, 4.69) is 19.9 Å². The van der Waals surface area contributed by atoms with Crippen molar-refractivity contribution < 1.29 is 8.42 Å². The van der Waals surface area contributed by atoms with Crippen LogP contribution in [0.3, 0.4) is 0 Å². The van der Waals surface area contributed by atoms with Gasteiger partial charge in [-0.25, -0.2) is 22.8 Å². The van der Waals surface area contributed by atoms with E-state index in [0.717, 1.165) is 11.1 Å². The summed E-state index contributed by atoms with van der Waals surface area (Å²) in [6.07, 6.45) is 7.93. The smallest absolute Gasteiger partial charge is 0.243 e. The summed E-state index contributed by atoms with van der Waals surface area (Å²) in [5.41, 5.74) is 1.83. The maximum Gasteiger partial charge on any atom is 0.243 e. The Bertz CT molecular complexity index is 1150. The summed E-state index contributed by atoms with van der Waals surface area (Å²) in [6, 6.07) is 15.1. The van der Waals surface area contributed by atoms with Gasteiger partial charge in [0.05, 0.1) is 12.7 Å². The van der Waals surface area contributed by atoms with Gasteiger partial charge in [-0.3, -0.25) is 4.68 Å². The SMILES string of the molecule is O=S(=O)(NCc1ccnc(-n2cccn2)c1)c1cnn(Cc2ccccc2)c1. The van der Waals surface area contributed by atoms with E-state index in [1.165, 1.54) is 12.4 Å². The zero-order valence-corrected chi connectivity index (χ0v) is 15.7. The Balaban J connectivity index is 1.44. The van der Waals surface area contributed by atoms with Gasteiger partial charge in [-0.1, -0.05) is 30.3 Å². The van der Waals surface area contributed by atoms with Crippen molar-refractivity contribution in [3.63, 3.8) is 0 Å². The summed E-state index contributed by atoms with van der Waals surface area (Å²) in [5, 5.41) is 8.28. The van der Waals surface area contributed by atoms with Crippen LogP contribution in [0.25, 0.3) is 5.82 Å². The van der Waals surface area contributed by atoms with Crippen molar-refractivity contribution in [2.75, 3.05) is 0 Å². The fourth-order valence-electron chi connectivity index (χ4n) is 2.70. The fourth-order valence-corrected chi connectivity index (χ4v) is 3.67. The van der Waals surface area contributed by atoms with Crippen LogP contribution >= 0.6 is 0 Å². The van der Waals surface area contributed by atoms with Crippen LogP contribution in [0.1, 0.15) is 11.1 Å². The first-order chi connectivity index (χ1) is 13.6. The molecule has 0 atom stereocenters. The molecule has 0 saturated carbocycles. The molecule has 4 aromatic rings. The zero-order chi connectivity index (χ0) is 19.4. The summed E-state index contributed by atoms with van der Waals surface area (Å²) in [7, 11) is -3.67. The molecule has 0 aliphatic rings. The van der Waals surface area contributed by atoms with Crippen LogP contribution in [-0.4, -0.2) is 33.0 Å². The van der Waals surface area contributed by atoms with Crippen LogP contribution in [0, 0.1) is 0 Å². The van der Waals surface area contributed by atoms with Gasteiger partial charge in [0.25, 0.3) is 0 Å². The third-order valence-corrected chi connectivity index (χ3v) is 5.48. The second kappa shape index (κ2) is 7.75. The van der Waals surface area contributed by atoms with Gasteiger partial charge in [-0.2, -0.15) is 10.2 Å². The Hall–Kier alpha value is -3.30. The molecule has 0 aliphatic heterocycles. The topological polar surface area (TPSA) is 94.7 Å². The molecule has 0 amide bonds. The predicted octanol–water partition coefficient (Wildman–Crippen LogP) is 1.99. The van der Waals surface area contributed by atoms with Gasteiger partial charge in [0.15, 0.2) is 5.82 Å². The summed E-state index contributed by atoms with van der Waals surface area (Å²) < 4.78 is 31.0.